The monoisotopic (exact) mass is 359 g/mol. The lowest BCUT2D eigenvalue weighted by atomic mass is 10.0. The fourth-order valence-electron chi connectivity index (χ4n) is 1.94. The second-order valence-corrected chi connectivity index (χ2v) is 6.35. The summed E-state index contributed by atoms with van der Waals surface area (Å²) in [5.74, 6) is 0.832. The minimum atomic E-state index is 0.0754. The summed E-state index contributed by atoms with van der Waals surface area (Å²) in [5.41, 5.74) is 2.26. The number of hydrogen-bond acceptors (Lipinski definition) is 3. The number of hydrogen-bond donors (Lipinski definition) is 1. The quantitative estimate of drug-likeness (QED) is 0.846. The second-order valence-electron chi connectivity index (χ2n) is 4.21. The molecular weight excluding hydrogens is 346 g/mol. The van der Waals surface area contributed by atoms with Gasteiger partial charge in [0.15, 0.2) is 0 Å². The van der Waals surface area contributed by atoms with Crippen LogP contribution in [-0.2, 0) is 0 Å². The number of methoxy groups -OCH3 is 1. The molecule has 0 aliphatic rings. The van der Waals surface area contributed by atoms with Gasteiger partial charge < -0.3 is 10.1 Å². The first-order valence-electron chi connectivity index (χ1n) is 5.82. The zero-order valence-electron chi connectivity index (χ0n) is 11.0. The van der Waals surface area contributed by atoms with Gasteiger partial charge in [-0.15, -0.1) is 11.3 Å². The van der Waals surface area contributed by atoms with Crippen molar-refractivity contribution in [2.75, 3.05) is 14.2 Å². The number of halogens is 2. The van der Waals surface area contributed by atoms with Gasteiger partial charge in [-0.05, 0) is 42.6 Å². The van der Waals surface area contributed by atoms with Crippen molar-refractivity contribution in [1.82, 2.24) is 5.32 Å². The van der Waals surface area contributed by atoms with E-state index in [0.29, 0.717) is 0 Å². The Kier molecular flexibility index (Phi) is 4.90. The average molecular weight is 361 g/mol. The van der Waals surface area contributed by atoms with Crippen molar-refractivity contribution in [1.29, 1.82) is 0 Å². The molecule has 1 aromatic carbocycles. The highest BCUT2D eigenvalue weighted by Crippen LogP contribution is 2.38. The third-order valence-corrected chi connectivity index (χ3v) is 5.46. The number of nitrogens with one attached hydrogen (secondary N) is 1. The van der Waals surface area contributed by atoms with Crippen LogP contribution in [0.4, 0.5) is 0 Å². The highest BCUT2D eigenvalue weighted by atomic mass is 79.9. The summed E-state index contributed by atoms with van der Waals surface area (Å²) in [6, 6.07) is 6.05. The average Bonchev–Trinajstić information content (AvgIpc) is 2.73. The molecule has 0 saturated heterocycles. The highest BCUT2D eigenvalue weighted by molar-refractivity contribution is 9.10. The maximum absolute atomic E-state index is 6.37. The van der Waals surface area contributed by atoms with Crippen LogP contribution in [0.25, 0.3) is 0 Å². The normalized spacial score (nSPS) is 12.5. The van der Waals surface area contributed by atoms with Gasteiger partial charge in [0.05, 0.1) is 18.2 Å². The molecule has 2 nitrogen and oxygen atoms in total. The Balaban J connectivity index is 2.45. The van der Waals surface area contributed by atoms with Crippen LogP contribution >= 0.6 is 38.9 Å². The number of rotatable bonds is 4. The lowest BCUT2D eigenvalue weighted by Crippen LogP contribution is -2.17. The van der Waals surface area contributed by atoms with E-state index < -0.39 is 0 Å². The standard InChI is InChI=1S/C14H15BrClNOS/c1-8-7-19-14(12(8)16)13(17-2)10-5-4-9(18-3)6-11(10)15/h4-7,13,17H,1-3H3. The van der Waals surface area contributed by atoms with Crippen LogP contribution < -0.4 is 10.1 Å². The third kappa shape index (κ3) is 2.97. The molecule has 0 aliphatic carbocycles. The van der Waals surface area contributed by atoms with Gasteiger partial charge in [-0.1, -0.05) is 33.6 Å². The Hall–Kier alpha value is -0.550. The van der Waals surface area contributed by atoms with E-state index in [4.69, 9.17) is 16.3 Å². The van der Waals surface area contributed by atoms with Gasteiger partial charge in [0.1, 0.15) is 5.75 Å². The fourth-order valence-corrected chi connectivity index (χ4v) is 3.96. The van der Waals surface area contributed by atoms with Gasteiger partial charge in [0.2, 0.25) is 0 Å². The molecule has 1 atom stereocenters. The van der Waals surface area contributed by atoms with Crippen LogP contribution in [0.1, 0.15) is 22.0 Å². The van der Waals surface area contributed by atoms with Gasteiger partial charge in [-0.3, -0.25) is 0 Å². The van der Waals surface area contributed by atoms with Gasteiger partial charge in [0, 0.05) is 9.35 Å². The first kappa shape index (κ1) is 14.9. The SMILES string of the molecule is CNC(c1ccc(OC)cc1Br)c1scc(C)c1Cl. The molecule has 1 N–H and O–H groups in total. The van der Waals surface area contributed by atoms with E-state index in [-0.39, 0.29) is 6.04 Å². The lowest BCUT2D eigenvalue weighted by Gasteiger charge is -2.18. The van der Waals surface area contributed by atoms with Crippen molar-refractivity contribution < 1.29 is 4.74 Å². The van der Waals surface area contributed by atoms with E-state index in [1.165, 1.54) is 0 Å². The maximum atomic E-state index is 6.37. The Morgan fingerprint density at radius 3 is 2.63 bits per heavy atom. The summed E-state index contributed by atoms with van der Waals surface area (Å²) in [6.07, 6.45) is 0. The van der Waals surface area contributed by atoms with Gasteiger partial charge >= 0.3 is 0 Å². The van der Waals surface area contributed by atoms with Crippen molar-refractivity contribution >= 4 is 38.9 Å². The minimum absolute atomic E-state index is 0.0754. The molecule has 5 heteroatoms. The second kappa shape index (κ2) is 6.27. The molecule has 2 aromatic rings. The van der Waals surface area contributed by atoms with Crippen molar-refractivity contribution in [2.24, 2.45) is 0 Å². The van der Waals surface area contributed by atoms with Crippen molar-refractivity contribution in [3.8, 4) is 5.75 Å². The van der Waals surface area contributed by atoms with Crippen LogP contribution in [0.3, 0.4) is 0 Å². The number of ether oxygens (including phenoxy) is 1. The molecule has 0 amide bonds. The van der Waals surface area contributed by atoms with Crippen molar-refractivity contribution in [2.45, 2.75) is 13.0 Å². The summed E-state index contributed by atoms with van der Waals surface area (Å²) >= 11 is 11.6. The zero-order chi connectivity index (χ0) is 14.0. The maximum Gasteiger partial charge on any atom is 0.120 e. The van der Waals surface area contributed by atoms with Crippen LogP contribution in [-0.4, -0.2) is 14.2 Å². The largest absolute Gasteiger partial charge is 0.497 e. The van der Waals surface area contributed by atoms with Gasteiger partial charge in [-0.25, -0.2) is 0 Å². The fraction of sp³-hybridized carbons (Fsp3) is 0.286. The highest BCUT2D eigenvalue weighted by Gasteiger charge is 2.20. The van der Waals surface area contributed by atoms with Gasteiger partial charge in [-0.2, -0.15) is 0 Å². The molecule has 102 valence electrons. The van der Waals surface area contributed by atoms with Crippen LogP contribution in [0.2, 0.25) is 5.02 Å². The van der Waals surface area contributed by atoms with Gasteiger partial charge in [0.25, 0.3) is 0 Å². The Morgan fingerprint density at radius 1 is 1.42 bits per heavy atom. The molecule has 0 fully saturated rings. The molecule has 0 saturated carbocycles. The van der Waals surface area contributed by atoms with Crippen LogP contribution in [0, 0.1) is 6.92 Å². The Bertz CT molecular complexity index is 585. The van der Waals surface area contributed by atoms with E-state index >= 15 is 0 Å². The molecule has 0 spiro atoms. The molecule has 0 radical (unpaired) electrons. The molecule has 1 heterocycles. The third-order valence-electron chi connectivity index (χ3n) is 2.99. The summed E-state index contributed by atoms with van der Waals surface area (Å²) < 4.78 is 6.23. The molecule has 1 aromatic heterocycles. The van der Waals surface area contributed by atoms with E-state index in [1.807, 2.05) is 26.1 Å². The smallest absolute Gasteiger partial charge is 0.120 e. The Labute approximate surface area is 130 Å². The Morgan fingerprint density at radius 2 is 2.16 bits per heavy atom. The van der Waals surface area contributed by atoms with Crippen LogP contribution in [0.15, 0.2) is 28.1 Å². The van der Waals surface area contributed by atoms with E-state index in [0.717, 1.165) is 31.2 Å². The molecule has 19 heavy (non-hydrogen) atoms. The topological polar surface area (TPSA) is 21.3 Å². The molecule has 0 bridgehead atoms. The summed E-state index contributed by atoms with van der Waals surface area (Å²) in [4.78, 5) is 1.13. The zero-order valence-corrected chi connectivity index (χ0v) is 14.1. The minimum Gasteiger partial charge on any atom is -0.497 e. The predicted molar refractivity (Wildman–Crippen MR) is 85.7 cm³/mol. The predicted octanol–water partition coefficient (Wildman–Crippen LogP) is 4.79. The van der Waals surface area contributed by atoms with Crippen molar-refractivity contribution in [3.63, 3.8) is 0 Å². The lowest BCUT2D eigenvalue weighted by molar-refractivity contribution is 0.414. The van der Waals surface area contributed by atoms with E-state index in [2.05, 4.69) is 32.7 Å². The summed E-state index contributed by atoms with van der Waals surface area (Å²) in [5, 5.41) is 6.24. The van der Waals surface area contributed by atoms with Crippen molar-refractivity contribution in [3.05, 3.63) is 49.1 Å². The summed E-state index contributed by atoms with van der Waals surface area (Å²) in [7, 11) is 3.60. The molecule has 0 aliphatic heterocycles. The summed E-state index contributed by atoms with van der Waals surface area (Å²) in [6.45, 7) is 2.03. The molecular formula is C14H15BrClNOS. The number of benzene rings is 1. The first-order chi connectivity index (χ1) is 9.08. The van der Waals surface area contributed by atoms with E-state index in [1.54, 1.807) is 18.4 Å². The number of thiophene rings is 1. The van der Waals surface area contributed by atoms with Crippen LogP contribution in [0.5, 0.6) is 5.75 Å². The first-order valence-corrected chi connectivity index (χ1v) is 7.87. The number of aryl methyl sites for hydroxylation is 1. The van der Waals surface area contributed by atoms with E-state index in [9.17, 15) is 0 Å². The molecule has 1 unspecified atom stereocenters. The molecule has 2 rings (SSSR count).